The standard InChI is InChI=1S/C41H31N/c1-2-3-4-5-7-12-28-17-18-29-21-25-36-33(23-19-30-20-24-34(28)40(29)41(30)36)31-22-26-39-37(27-31)35-15-10-11-16-38(35)42(39)32-13-8-6-9-14-32/h3-11,13-27H,2,12H2,1H3. The van der Waals surface area contributed by atoms with E-state index in [2.05, 4.69) is 157 Å². The van der Waals surface area contributed by atoms with Crippen LogP contribution in [-0.2, 0) is 6.42 Å². The number of para-hydroxylation sites is 2. The second kappa shape index (κ2) is 10.0. The van der Waals surface area contributed by atoms with Crippen LogP contribution in [0.2, 0.25) is 0 Å². The van der Waals surface area contributed by atoms with Crippen LogP contribution in [0, 0.1) is 0 Å². The first-order chi connectivity index (χ1) is 20.8. The molecule has 0 aliphatic carbocycles. The molecule has 42 heavy (non-hydrogen) atoms. The average Bonchev–Trinajstić information content (AvgIpc) is 3.38. The molecular formula is C41H31N. The van der Waals surface area contributed by atoms with E-state index < -0.39 is 0 Å². The number of rotatable bonds is 6. The zero-order chi connectivity index (χ0) is 28.0. The van der Waals surface area contributed by atoms with E-state index in [0.717, 1.165) is 12.8 Å². The normalized spacial score (nSPS) is 12.4. The second-order valence-electron chi connectivity index (χ2n) is 11.1. The highest BCUT2D eigenvalue weighted by Gasteiger charge is 2.16. The molecule has 1 aromatic heterocycles. The van der Waals surface area contributed by atoms with E-state index in [-0.39, 0.29) is 0 Å². The molecule has 1 heterocycles. The third kappa shape index (κ3) is 3.85. The smallest absolute Gasteiger partial charge is 0.0541 e. The monoisotopic (exact) mass is 537 g/mol. The number of benzene rings is 7. The Morgan fingerprint density at radius 2 is 1.24 bits per heavy atom. The second-order valence-corrected chi connectivity index (χ2v) is 11.1. The Balaban J connectivity index is 1.33. The van der Waals surface area contributed by atoms with E-state index in [0.29, 0.717) is 0 Å². The van der Waals surface area contributed by atoms with Crippen LogP contribution in [0.25, 0.3) is 70.9 Å². The molecule has 0 unspecified atom stereocenters. The SMILES string of the molecule is CCC=CC=CCc1ccc2ccc3c(-c4ccc5c(c4)c4ccccc4n5-c4ccccc4)ccc4ccc1c2c43. The highest BCUT2D eigenvalue weighted by molar-refractivity contribution is 6.26. The summed E-state index contributed by atoms with van der Waals surface area (Å²) in [6.45, 7) is 2.17. The Morgan fingerprint density at radius 1 is 0.548 bits per heavy atom. The van der Waals surface area contributed by atoms with E-state index in [1.165, 1.54) is 76.5 Å². The highest BCUT2D eigenvalue weighted by Crippen LogP contribution is 2.42. The van der Waals surface area contributed by atoms with E-state index >= 15 is 0 Å². The highest BCUT2D eigenvalue weighted by atomic mass is 15.0. The fourth-order valence-electron chi connectivity index (χ4n) is 6.78. The van der Waals surface area contributed by atoms with E-state index in [9.17, 15) is 0 Å². The summed E-state index contributed by atoms with van der Waals surface area (Å²) in [5.74, 6) is 0. The minimum atomic E-state index is 0.928. The van der Waals surface area contributed by atoms with Gasteiger partial charge in [0, 0.05) is 16.5 Å². The number of allylic oxidation sites excluding steroid dienone is 4. The van der Waals surface area contributed by atoms with Crippen molar-refractivity contribution in [2.75, 3.05) is 0 Å². The van der Waals surface area contributed by atoms with Crippen LogP contribution in [0.15, 0.2) is 146 Å². The molecular weight excluding hydrogens is 506 g/mol. The summed E-state index contributed by atoms with van der Waals surface area (Å²) in [5.41, 5.74) is 7.56. The van der Waals surface area contributed by atoms with Gasteiger partial charge < -0.3 is 4.57 Å². The van der Waals surface area contributed by atoms with Crippen molar-refractivity contribution in [3.63, 3.8) is 0 Å². The zero-order valence-electron chi connectivity index (χ0n) is 23.7. The van der Waals surface area contributed by atoms with E-state index in [4.69, 9.17) is 0 Å². The molecule has 0 atom stereocenters. The Morgan fingerprint density at radius 3 is 2.10 bits per heavy atom. The quantitative estimate of drug-likeness (QED) is 0.147. The van der Waals surface area contributed by atoms with Gasteiger partial charge in [-0.05, 0) is 92.2 Å². The molecule has 1 heteroatoms. The first-order valence-corrected chi connectivity index (χ1v) is 14.9. The van der Waals surface area contributed by atoms with Gasteiger partial charge in [0.25, 0.3) is 0 Å². The lowest BCUT2D eigenvalue weighted by Crippen LogP contribution is -1.93. The predicted molar refractivity (Wildman–Crippen MR) is 182 cm³/mol. The van der Waals surface area contributed by atoms with Crippen LogP contribution in [0.5, 0.6) is 0 Å². The molecule has 0 N–H and O–H groups in total. The Labute approximate surface area is 246 Å². The largest absolute Gasteiger partial charge is 0.309 e. The van der Waals surface area contributed by atoms with Gasteiger partial charge in [0.1, 0.15) is 0 Å². The van der Waals surface area contributed by atoms with Gasteiger partial charge >= 0.3 is 0 Å². The number of hydrogen-bond donors (Lipinski definition) is 0. The summed E-state index contributed by atoms with van der Waals surface area (Å²) in [6, 6.07) is 44.9. The molecule has 200 valence electrons. The molecule has 0 bridgehead atoms. The maximum Gasteiger partial charge on any atom is 0.0541 e. The molecule has 7 aromatic carbocycles. The molecule has 0 spiro atoms. The molecule has 0 saturated heterocycles. The van der Waals surface area contributed by atoms with Crippen molar-refractivity contribution in [2.24, 2.45) is 0 Å². The lowest BCUT2D eigenvalue weighted by Gasteiger charge is -2.16. The average molecular weight is 538 g/mol. The topological polar surface area (TPSA) is 4.93 Å². The van der Waals surface area contributed by atoms with Crippen LogP contribution in [0.4, 0.5) is 0 Å². The van der Waals surface area contributed by atoms with Crippen molar-refractivity contribution in [3.8, 4) is 16.8 Å². The maximum absolute atomic E-state index is 2.39. The van der Waals surface area contributed by atoms with Crippen LogP contribution in [0.3, 0.4) is 0 Å². The summed E-state index contributed by atoms with van der Waals surface area (Å²) in [5, 5.41) is 10.6. The summed E-state index contributed by atoms with van der Waals surface area (Å²) in [7, 11) is 0. The van der Waals surface area contributed by atoms with Gasteiger partial charge in [-0.25, -0.2) is 0 Å². The molecule has 1 nitrogen and oxygen atoms in total. The van der Waals surface area contributed by atoms with Crippen molar-refractivity contribution in [1.82, 2.24) is 4.57 Å². The Kier molecular flexibility index (Phi) is 5.89. The summed E-state index contributed by atoms with van der Waals surface area (Å²) in [6.07, 6.45) is 10.8. The number of aromatic nitrogens is 1. The van der Waals surface area contributed by atoms with Crippen LogP contribution in [0.1, 0.15) is 18.9 Å². The first-order valence-electron chi connectivity index (χ1n) is 14.9. The fourth-order valence-corrected chi connectivity index (χ4v) is 6.78. The number of fused-ring (bicyclic) bond motifs is 3. The summed E-state index contributed by atoms with van der Waals surface area (Å²) >= 11 is 0. The van der Waals surface area contributed by atoms with Gasteiger partial charge in [0.15, 0.2) is 0 Å². The molecule has 0 fully saturated rings. The molecule has 0 aliphatic rings. The van der Waals surface area contributed by atoms with Crippen LogP contribution in [-0.4, -0.2) is 4.57 Å². The minimum absolute atomic E-state index is 0.928. The van der Waals surface area contributed by atoms with Gasteiger partial charge in [0.05, 0.1) is 11.0 Å². The molecule has 8 aromatic rings. The Bertz CT molecular complexity index is 2300. The molecule has 0 saturated carbocycles. The minimum Gasteiger partial charge on any atom is -0.309 e. The molecule has 8 rings (SSSR count). The van der Waals surface area contributed by atoms with Crippen molar-refractivity contribution < 1.29 is 0 Å². The van der Waals surface area contributed by atoms with E-state index in [1.54, 1.807) is 0 Å². The van der Waals surface area contributed by atoms with Gasteiger partial charge in [0.2, 0.25) is 0 Å². The number of nitrogens with zero attached hydrogens (tertiary/aromatic N) is 1. The third-order valence-corrected chi connectivity index (χ3v) is 8.71. The fraction of sp³-hybridized carbons (Fsp3) is 0.0732. The van der Waals surface area contributed by atoms with Gasteiger partial charge in [-0.2, -0.15) is 0 Å². The Hall–Kier alpha value is -5.14. The number of hydrogen-bond acceptors (Lipinski definition) is 0. The van der Waals surface area contributed by atoms with Gasteiger partial charge in [-0.15, -0.1) is 0 Å². The molecule has 0 aliphatic heterocycles. The van der Waals surface area contributed by atoms with Gasteiger partial charge in [-0.3, -0.25) is 0 Å². The van der Waals surface area contributed by atoms with Crippen molar-refractivity contribution >= 4 is 54.1 Å². The van der Waals surface area contributed by atoms with E-state index in [1.807, 2.05) is 0 Å². The predicted octanol–water partition coefficient (Wildman–Crippen LogP) is 11.4. The zero-order valence-corrected chi connectivity index (χ0v) is 23.7. The van der Waals surface area contributed by atoms with Crippen molar-refractivity contribution in [3.05, 3.63) is 151 Å². The first kappa shape index (κ1) is 24.6. The third-order valence-electron chi connectivity index (χ3n) is 8.71. The maximum atomic E-state index is 2.39. The lowest BCUT2D eigenvalue weighted by atomic mass is 9.88. The lowest BCUT2D eigenvalue weighted by molar-refractivity contribution is 1.18. The van der Waals surface area contributed by atoms with Gasteiger partial charge in [-0.1, -0.05) is 122 Å². The van der Waals surface area contributed by atoms with Crippen molar-refractivity contribution in [1.29, 1.82) is 0 Å². The van der Waals surface area contributed by atoms with Crippen molar-refractivity contribution in [2.45, 2.75) is 19.8 Å². The molecule has 0 radical (unpaired) electrons. The summed E-state index contributed by atoms with van der Waals surface area (Å²) in [4.78, 5) is 0. The molecule has 0 amide bonds. The van der Waals surface area contributed by atoms with Crippen LogP contribution >= 0.6 is 0 Å². The van der Waals surface area contributed by atoms with Crippen LogP contribution < -0.4 is 0 Å². The summed E-state index contributed by atoms with van der Waals surface area (Å²) < 4.78 is 2.38.